The molecule has 0 radical (unpaired) electrons. The van der Waals surface area contributed by atoms with Crippen LogP contribution in [0.1, 0.15) is 41.5 Å². The van der Waals surface area contributed by atoms with Gasteiger partial charge in [0.15, 0.2) is 0 Å². The Balaban J connectivity index is 1.53. The summed E-state index contributed by atoms with van der Waals surface area (Å²) in [5, 5.41) is 8.12. The third-order valence-corrected chi connectivity index (χ3v) is 11.1. The molecule has 0 bridgehead atoms. The van der Waals surface area contributed by atoms with E-state index in [4.69, 9.17) is 4.74 Å². The molecule has 0 spiro atoms. The number of aromatic nitrogens is 3. The van der Waals surface area contributed by atoms with Crippen LogP contribution in [0, 0.1) is 0 Å². The fourth-order valence-electron chi connectivity index (χ4n) is 5.40. The number of nitrogens with zero attached hydrogens (tertiary/aromatic N) is 5. The molecule has 0 amide bonds. The fourth-order valence-corrected chi connectivity index (χ4v) is 7.49. The molecule has 2 aliphatic carbocycles. The van der Waals surface area contributed by atoms with E-state index in [1.807, 2.05) is 21.1 Å². The minimum Gasteiger partial charge on any atom is -0.359 e. The molecule has 1 aromatic heterocycles. The Bertz CT molecular complexity index is 1210. The smallest absolute Gasteiger partial charge is 0.249 e. The van der Waals surface area contributed by atoms with Gasteiger partial charge in [0.05, 0.1) is 5.75 Å². The van der Waals surface area contributed by atoms with Gasteiger partial charge in [0.1, 0.15) is 6.73 Å². The molecule has 2 aromatic rings. The van der Waals surface area contributed by atoms with Crippen LogP contribution in [0.2, 0.25) is 25.7 Å². The summed E-state index contributed by atoms with van der Waals surface area (Å²) in [6.45, 7) is 10.1. The summed E-state index contributed by atoms with van der Waals surface area (Å²) in [7, 11) is 1.22. The third-order valence-electron chi connectivity index (χ3n) is 7.72. The maximum absolute atomic E-state index is 13.5. The zero-order valence-corrected chi connectivity index (χ0v) is 26.7. The maximum atomic E-state index is 13.5. The number of rotatable bonds is 15. The zero-order valence-electron chi connectivity index (χ0n) is 24.8. The van der Waals surface area contributed by atoms with E-state index in [-0.39, 0.29) is 17.6 Å². The first kappa shape index (κ1) is 30.2. The first-order chi connectivity index (χ1) is 18.4. The molecule has 1 heterocycles. The van der Waals surface area contributed by atoms with Crippen LogP contribution in [-0.2, 0) is 47.0 Å². The molecule has 0 saturated carbocycles. The highest BCUT2D eigenvalue weighted by molar-refractivity contribution is 7.91. The SMILES string of the molecule is CN(C)CCN(C)CCCS(=O)(=O)c1nc(Nc2c3c(cc4c2CCC4)CCC3)nn1COCC[Si](C)(C)C. The van der Waals surface area contributed by atoms with E-state index >= 15 is 0 Å². The van der Waals surface area contributed by atoms with Gasteiger partial charge in [-0.25, -0.2) is 13.1 Å². The second kappa shape index (κ2) is 12.8. The van der Waals surface area contributed by atoms with Crippen LogP contribution in [0.15, 0.2) is 11.2 Å². The number of fused-ring (bicyclic) bond motifs is 2. The van der Waals surface area contributed by atoms with Crippen LogP contribution in [0.5, 0.6) is 0 Å². The number of anilines is 2. The van der Waals surface area contributed by atoms with Crippen molar-refractivity contribution in [2.24, 2.45) is 0 Å². The Morgan fingerprint density at radius 3 is 2.28 bits per heavy atom. The van der Waals surface area contributed by atoms with Gasteiger partial charge in [0, 0.05) is 33.5 Å². The minimum absolute atomic E-state index is 0.00169. The molecule has 0 atom stereocenters. The number of sulfone groups is 1. The van der Waals surface area contributed by atoms with Gasteiger partial charge in [0.25, 0.3) is 0 Å². The van der Waals surface area contributed by atoms with Crippen molar-refractivity contribution in [1.82, 2.24) is 24.6 Å². The number of hydrogen-bond donors (Lipinski definition) is 1. The van der Waals surface area contributed by atoms with Gasteiger partial charge in [-0.1, -0.05) is 25.7 Å². The first-order valence-electron chi connectivity index (χ1n) is 14.4. The lowest BCUT2D eigenvalue weighted by molar-refractivity contribution is 0.0715. The van der Waals surface area contributed by atoms with Crippen LogP contribution >= 0.6 is 0 Å². The van der Waals surface area contributed by atoms with Crippen molar-refractivity contribution >= 4 is 29.5 Å². The van der Waals surface area contributed by atoms with Gasteiger partial charge in [-0.2, -0.15) is 4.98 Å². The Hall–Kier alpha value is -1.79. The predicted octanol–water partition coefficient (Wildman–Crippen LogP) is 3.97. The summed E-state index contributed by atoms with van der Waals surface area (Å²) in [4.78, 5) is 8.87. The monoisotopic (exact) mass is 576 g/mol. The Kier molecular flexibility index (Phi) is 9.90. The minimum atomic E-state index is -3.64. The average molecular weight is 577 g/mol. The first-order valence-corrected chi connectivity index (χ1v) is 19.8. The molecule has 0 fully saturated rings. The molecular formula is C28H48N6O3SSi. The number of aryl methyl sites for hydroxylation is 2. The third kappa shape index (κ3) is 8.13. The van der Waals surface area contributed by atoms with Gasteiger partial charge in [-0.15, -0.1) is 5.10 Å². The van der Waals surface area contributed by atoms with E-state index in [1.165, 1.54) is 26.9 Å². The Morgan fingerprint density at radius 2 is 1.67 bits per heavy atom. The highest BCUT2D eigenvalue weighted by atomic mass is 32.2. The zero-order chi connectivity index (χ0) is 28.2. The lowest BCUT2D eigenvalue weighted by Crippen LogP contribution is -2.30. The van der Waals surface area contributed by atoms with Gasteiger partial charge >= 0.3 is 0 Å². The molecule has 1 N–H and O–H groups in total. The Labute approximate surface area is 236 Å². The second-order valence-corrected chi connectivity index (χ2v) is 20.3. The molecule has 2 aliphatic rings. The number of hydrogen-bond acceptors (Lipinski definition) is 8. The molecule has 218 valence electrons. The summed E-state index contributed by atoms with van der Waals surface area (Å²) < 4.78 is 34.4. The number of ether oxygens (including phenoxy) is 1. The van der Waals surface area contributed by atoms with E-state index in [2.05, 4.69) is 50.9 Å². The molecular weight excluding hydrogens is 529 g/mol. The van der Waals surface area contributed by atoms with E-state index in [0.717, 1.165) is 63.3 Å². The van der Waals surface area contributed by atoms with Crippen molar-refractivity contribution in [1.29, 1.82) is 0 Å². The second-order valence-electron chi connectivity index (χ2n) is 12.7. The van der Waals surface area contributed by atoms with Gasteiger partial charge in [-0.05, 0) is 101 Å². The quantitative estimate of drug-likeness (QED) is 0.252. The molecule has 1 aromatic carbocycles. The van der Waals surface area contributed by atoms with Crippen molar-refractivity contribution in [3.8, 4) is 0 Å². The van der Waals surface area contributed by atoms with Crippen LogP contribution in [0.25, 0.3) is 0 Å². The molecule has 0 unspecified atom stereocenters. The normalized spacial score (nSPS) is 15.4. The molecule has 9 nitrogen and oxygen atoms in total. The van der Waals surface area contributed by atoms with Crippen LogP contribution in [0.4, 0.5) is 11.6 Å². The van der Waals surface area contributed by atoms with Crippen molar-refractivity contribution < 1.29 is 13.2 Å². The van der Waals surface area contributed by atoms with E-state index < -0.39 is 17.9 Å². The van der Waals surface area contributed by atoms with Crippen molar-refractivity contribution in [2.75, 3.05) is 58.5 Å². The highest BCUT2D eigenvalue weighted by Gasteiger charge is 2.28. The molecule has 0 saturated heterocycles. The van der Waals surface area contributed by atoms with Crippen LogP contribution < -0.4 is 5.32 Å². The van der Waals surface area contributed by atoms with Crippen molar-refractivity contribution in [3.05, 3.63) is 28.3 Å². The number of benzene rings is 1. The van der Waals surface area contributed by atoms with Crippen molar-refractivity contribution in [3.63, 3.8) is 0 Å². The standard InChI is InChI=1S/C28H48N6O3SSi/c1-32(2)15-16-33(3)14-9-18-38(35,36)28-30-27(31-34(28)21-37-17-19-39(4,5)6)29-26-24-12-7-10-22(24)20-23-11-8-13-25(23)26/h20H,7-19,21H2,1-6H3,(H,29,31). The summed E-state index contributed by atoms with van der Waals surface area (Å²) in [5.41, 5.74) is 6.64. The molecule has 39 heavy (non-hydrogen) atoms. The molecule has 0 aliphatic heterocycles. The summed E-state index contributed by atoms with van der Waals surface area (Å²) in [6, 6.07) is 3.40. The van der Waals surface area contributed by atoms with Gasteiger partial charge in [0.2, 0.25) is 20.9 Å². The fraction of sp³-hybridized carbons (Fsp3) is 0.714. The van der Waals surface area contributed by atoms with E-state index in [9.17, 15) is 8.42 Å². The largest absolute Gasteiger partial charge is 0.359 e. The van der Waals surface area contributed by atoms with Crippen LogP contribution in [0.3, 0.4) is 0 Å². The number of nitrogens with one attached hydrogen (secondary N) is 1. The summed E-state index contributed by atoms with van der Waals surface area (Å²) in [6.07, 6.45) is 7.14. The summed E-state index contributed by atoms with van der Waals surface area (Å²) in [5.74, 6) is 0.377. The Morgan fingerprint density at radius 1 is 1.00 bits per heavy atom. The van der Waals surface area contributed by atoms with E-state index in [0.29, 0.717) is 25.5 Å². The van der Waals surface area contributed by atoms with Gasteiger partial charge in [-0.3, -0.25) is 0 Å². The highest BCUT2D eigenvalue weighted by Crippen LogP contribution is 2.39. The molecule has 4 rings (SSSR count). The summed E-state index contributed by atoms with van der Waals surface area (Å²) >= 11 is 0. The predicted molar refractivity (Wildman–Crippen MR) is 161 cm³/mol. The lowest BCUT2D eigenvalue weighted by atomic mass is 9.99. The van der Waals surface area contributed by atoms with Crippen molar-refractivity contribution in [2.45, 2.75) is 82.5 Å². The average Bonchev–Trinajstić information content (AvgIpc) is 3.59. The van der Waals surface area contributed by atoms with Gasteiger partial charge < -0.3 is 19.9 Å². The molecule has 11 heteroatoms. The van der Waals surface area contributed by atoms with Crippen LogP contribution in [-0.4, -0.2) is 94.2 Å². The maximum Gasteiger partial charge on any atom is 0.249 e. The van der Waals surface area contributed by atoms with E-state index in [1.54, 1.807) is 0 Å². The lowest BCUT2D eigenvalue weighted by Gasteiger charge is -2.19. The topological polar surface area (TPSA) is 92.6 Å². The number of likely N-dealkylation sites (N-methyl/N-ethyl adjacent to an activating group) is 2.